The molecule has 0 aliphatic rings. The number of benzene rings is 1. The molecule has 58 valence electrons. The molecule has 0 saturated carbocycles. The summed E-state index contributed by atoms with van der Waals surface area (Å²) in [5.74, 6) is 0.866. The standard InChI is InChI=1S/C10H12O/c1-3-8-11-10-7-5-4-6-9(10)2/h3-7H,2,8H2,1H3. The molecule has 11 heavy (non-hydrogen) atoms. The zero-order chi connectivity index (χ0) is 8.10. The molecular weight excluding hydrogens is 136 g/mol. The van der Waals surface area contributed by atoms with Crippen molar-refractivity contribution < 1.29 is 4.74 Å². The maximum absolute atomic E-state index is 5.37. The van der Waals surface area contributed by atoms with Crippen LogP contribution >= 0.6 is 0 Å². The van der Waals surface area contributed by atoms with E-state index in [1.165, 1.54) is 0 Å². The summed E-state index contributed by atoms with van der Waals surface area (Å²) in [6.07, 6.45) is 1.96. The number of hydrogen-bond acceptors (Lipinski definition) is 1. The maximum Gasteiger partial charge on any atom is 0.122 e. The molecule has 1 nitrogen and oxygen atoms in total. The zero-order valence-corrected chi connectivity index (χ0v) is 6.71. The summed E-state index contributed by atoms with van der Waals surface area (Å²) in [5.41, 5.74) is 0.939. The van der Waals surface area contributed by atoms with Crippen LogP contribution in [-0.2, 0) is 0 Å². The van der Waals surface area contributed by atoms with Gasteiger partial charge in [-0.25, -0.2) is 0 Å². The van der Waals surface area contributed by atoms with Crippen molar-refractivity contribution in [2.75, 3.05) is 6.61 Å². The van der Waals surface area contributed by atoms with Crippen LogP contribution in [0.2, 0.25) is 0 Å². The highest BCUT2D eigenvalue weighted by Gasteiger charge is 1.94. The van der Waals surface area contributed by atoms with Gasteiger partial charge in [0.1, 0.15) is 5.75 Å². The third-order valence-electron chi connectivity index (χ3n) is 1.38. The fourth-order valence-electron chi connectivity index (χ4n) is 0.818. The predicted octanol–water partition coefficient (Wildman–Crippen LogP) is 2.47. The summed E-state index contributed by atoms with van der Waals surface area (Å²) in [6, 6.07) is 7.75. The molecule has 0 fully saturated rings. The zero-order valence-electron chi connectivity index (χ0n) is 6.71. The van der Waals surface area contributed by atoms with Crippen LogP contribution in [0.25, 0.3) is 0 Å². The van der Waals surface area contributed by atoms with E-state index in [2.05, 4.69) is 6.92 Å². The van der Waals surface area contributed by atoms with Crippen LogP contribution < -0.4 is 4.74 Å². The Morgan fingerprint density at radius 2 is 2.18 bits per heavy atom. The minimum Gasteiger partial charge on any atom is -0.493 e. The Hall–Kier alpha value is -0.980. The first-order valence-corrected chi connectivity index (χ1v) is 3.66. The van der Waals surface area contributed by atoms with E-state index < -0.39 is 0 Å². The first-order valence-electron chi connectivity index (χ1n) is 3.66. The molecule has 1 heteroatoms. The van der Waals surface area contributed by atoms with Crippen molar-refractivity contribution in [1.29, 1.82) is 0 Å². The highest BCUT2D eigenvalue weighted by molar-refractivity contribution is 5.35. The quantitative estimate of drug-likeness (QED) is 0.639. The fraction of sp³-hybridized carbons (Fsp3) is 0.200. The predicted molar refractivity (Wildman–Crippen MR) is 46.4 cm³/mol. The van der Waals surface area contributed by atoms with E-state index in [1.54, 1.807) is 0 Å². The molecule has 0 heterocycles. The summed E-state index contributed by atoms with van der Waals surface area (Å²) in [7, 11) is 0. The van der Waals surface area contributed by atoms with Crippen LogP contribution in [0.3, 0.4) is 0 Å². The van der Waals surface area contributed by atoms with Crippen LogP contribution in [-0.4, -0.2) is 6.61 Å². The maximum atomic E-state index is 5.37. The lowest BCUT2D eigenvalue weighted by atomic mass is 10.2. The Bertz CT molecular complexity index is 218. The molecule has 2 radical (unpaired) electrons. The molecular formula is C10H12O. The fourth-order valence-corrected chi connectivity index (χ4v) is 0.818. The molecule has 0 aliphatic carbocycles. The molecule has 0 amide bonds. The van der Waals surface area contributed by atoms with Gasteiger partial charge < -0.3 is 4.74 Å². The molecule has 0 atom stereocenters. The Balaban J connectivity index is 2.62. The lowest BCUT2D eigenvalue weighted by Crippen LogP contribution is -1.96. The lowest BCUT2D eigenvalue weighted by molar-refractivity contribution is 0.348. The highest BCUT2D eigenvalue weighted by atomic mass is 16.5. The van der Waals surface area contributed by atoms with E-state index in [0.717, 1.165) is 11.3 Å². The van der Waals surface area contributed by atoms with E-state index in [-0.39, 0.29) is 0 Å². The highest BCUT2D eigenvalue weighted by Crippen LogP contribution is 2.15. The van der Waals surface area contributed by atoms with E-state index in [9.17, 15) is 0 Å². The summed E-state index contributed by atoms with van der Waals surface area (Å²) in [4.78, 5) is 0. The van der Waals surface area contributed by atoms with Gasteiger partial charge in [-0.05, 0) is 25.0 Å². The number of ether oxygens (including phenoxy) is 1. The summed E-state index contributed by atoms with van der Waals surface area (Å²) >= 11 is 0. The van der Waals surface area contributed by atoms with Crippen molar-refractivity contribution in [3.63, 3.8) is 0 Å². The van der Waals surface area contributed by atoms with Crippen LogP contribution in [0.1, 0.15) is 12.5 Å². The third-order valence-corrected chi connectivity index (χ3v) is 1.38. The molecule has 0 N–H and O–H groups in total. The van der Waals surface area contributed by atoms with Gasteiger partial charge in [0, 0.05) is 0 Å². The Labute approximate surface area is 68.0 Å². The summed E-state index contributed by atoms with van der Waals surface area (Å²) < 4.78 is 5.37. The third kappa shape index (κ3) is 2.26. The normalized spacial score (nSPS) is 9.64. The SMILES string of the molecule is [CH2]c1ccccc1OC[CH]C. The van der Waals surface area contributed by atoms with Crippen molar-refractivity contribution >= 4 is 0 Å². The minimum atomic E-state index is 0.645. The van der Waals surface area contributed by atoms with Gasteiger partial charge in [-0.15, -0.1) is 0 Å². The Kier molecular flexibility index (Phi) is 2.96. The molecule has 1 aromatic carbocycles. The number of para-hydroxylation sites is 1. The van der Waals surface area contributed by atoms with E-state index in [0.29, 0.717) is 6.61 Å². The summed E-state index contributed by atoms with van der Waals surface area (Å²) in [5, 5.41) is 0. The molecule has 0 saturated heterocycles. The van der Waals surface area contributed by atoms with Gasteiger partial charge in [0.25, 0.3) is 0 Å². The molecule has 0 unspecified atom stereocenters. The number of hydrogen-bond donors (Lipinski definition) is 0. The Morgan fingerprint density at radius 1 is 1.45 bits per heavy atom. The minimum absolute atomic E-state index is 0.645. The molecule has 0 aromatic heterocycles. The van der Waals surface area contributed by atoms with E-state index >= 15 is 0 Å². The van der Waals surface area contributed by atoms with Crippen LogP contribution in [0.5, 0.6) is 5.75 Å². The van der Waals surface area contributed by atoms with E-state index in [4.69, 9.17) is 4.74 Å². The topological polar surface area (TPSA) is 9.23 Å². The largest absolute Gasteiger partial charge is 0.493 e. The molecule has 0 aliphatic heterocycles. The molecule has 1 rings (SSSR count). The molecule has 0 bridgehead atoms. The van der Waals surface area contributed by atoms with Crippen LogP contribution in [0, 0.1) is 13.3 Å². The van der Waals surface area contributed by atoms with Crippen molar-refractivity contribution in [3.8, 4) is 5.75 Å². The first-order chi connectivity index (χ1) is 5.34. The van der Waals surface area contributed by atoms with Gasteiger partial charge >= 0.3 is 0 Å². The Morgan fingerprint density at radius 3 is 2.82 bits per heavy atom. The average Bonchev–Trinajstić information content (AvgIpc) is 2.03. The lowest BCUT2D eigenvalue weighted by Gasteiger charge is -2.05. The smallest absolute Gasteiger partial charge is 0.122 e. The van der Waals surface area contributed by atoms with Crippen molar-refractivity contribution in [2.45, 2.75) is 6.92 Å². The van der Waals surface area contributed by atoms with Gasteiger partial charge in [-0.1, -0.05) is 25.1 Å². The van der Waals surface area contributed by atoms with E-state index in [1.807, 2.05) is 37.6 Å². The average molecular weight is 148 g/mol. The number of rotatable bonds is 3. The summed E-state index contributed by atoms with van der Waals surface area (Å²) in [6.45, 7) is 6.44. The van der Waals surface area contributed by atoms with Gasteiger partial charge in [0.2, 0.25) is 0 Å². The van der Waals surface area contributed by atoms with Crippen LogP contribution in [0.15, 0.2) is 24.3 Å². The first kappa shape index (κ1) is 8.12. The molecule has 1 aromatic rings. The van der Waals surface area contributed by atoms with Crippen molar-refractivity contribution in [3.05, 3.63) is 43.2 Å². The second-order valence-corrected chi connectivity index (χ2v) is 2.33. The van der Waals surface area contributed by atoms with Crippen LogP contribution in [0.4, 0.5) is 0 Å². The van der Waals surface area contributed by atoms with Gasteiger partial charge in [0.15, 0.2) is 0 Å². The van der Waals surface area contributed by atoms with Crippen molar-refractivity contribution in [1.82, 2.24) is 0 Å². The van der Waals surface area contributed by atoms with Gasteiger partial charge in [-0.3, -0.25) is 0 Å². The van der Waals surface area contributed by atoms with Gasteiger partial charge in [0.05, 0.1) is 6.61 Å². The second-order valence-electron chi connectivity index (χ2n) is 2.33. The van der Waals surface area contributed by atoms with Gasteiger partial charge in [-0.2, -0.15) is 0 Å². The second kappa shape index (κ2) is 4.02. The monoisotopic (exact) mass is 148 g/mol. The van der Waals surface area contributed by atoms with Crippen molar-refractivity contribution in [2.24, 2.45) is 0 Å². The molecule has 0 spiro atoms.